The maximum absolute atomic E-state index is 12.0. The van der Waals surface area contributed by atoms with Gasteiger partial charge >= 0.3 is 6.09 Å². The third-order valence-corrected chi connectivity index (χ3v) is 3.66. The summed E-state index contributed by atoms with van der Waals surface area (Å²) in [4.78, 5) is 13.8. The van der Waals surface area contributed by atoms with E-state index in [0.717, 1.165) is 18.3 Å². The summed E-state index contributed by atoms with van der Waals surface area (Å²) >= 11 is 3.49. The van der Waals surface area contributed by atoms with Crippen molar-refractivity contribution in [1.82, 2.24) is 4.90 Å². The second kappa shape index (κ2) is 4.55. The zero-order chi connectivity index (χ0) is 12.6. The van der Waals surface area contributed by atoms with E-state index in [2.05, 4.69) is 29.8 Å². The molecular weight excluding hydrogens is 270 g/mol. The first-order chi connectivity index (χ1) is 7.17. The first kappa shape index (κ1) is 13.8. The molecule has 0 aromatic rings. The number of hydrogen-bond acceptors (Lipinski definition) is 2. The Hall–Kier alpha value is -0.250. The Morgan fingerprint density at radius 2 is 2.06 bits per heavy atom. The van der Waals surface area contributed by atoms with Crippen LogP contribution in [0.3, 0.4) is 0 Å². The summed E-state index contributed by atoms with van der Waals surface area (Å²) < 4.78 is 5.41. The second-order valence-electron chi connectivity index (χ2n) is 6.08. The highest BCUT2D eigenvalue weighted by molar-refractivity contribution is 9.09. The summed E-state index contributed by atoms with van der Waals surface area (Å²) in [5.41, 5.74) is -0.249. The Labute approximate surface area is 107 Å². The standard InChI is InChI=1S/C12H22BrNO2/c1-11(2,3)16-10(15)14-7-6-12(4,5)9(14)8-13/h9H,6-8H2,1-5H3. The highest BCUT2D eigenvalue weighted by atomic mass is 79.9. The molecule has 1 unspecified atom stereocenters. The zero-order valence-electron chi connectivity index (χ0n) is 10.8. The number of carbonyl (C=O) groups is 1. The first-order valence-corrected chi connectivity index (χ1v) is 6.85. The molecule has 1 rings (SSSR count). The topological polar surface area (TPSA) is 29.5 Å². The van der Waals surface area contributed by atoms with Crippen LogP contribution in [-0.4, -0.2) is 34.5 Å². The van der Waals surface area contributed by atoms with Crippen molar-refractivity contribution in [2.24, 2.45) is 5.41 Å². The molecule has 0 radical (unpaired) electrons. The molecule has 1 atom stereocenters. The molecule has 94 valence electrons. The second-order valence-corrected chi connectivity index (χ2v) is 6.73. The van der Waals surface area contributed by atoms with Gasteiger partial charge in [-0.05, 0) is 32.6 Å². The van der Waals surface area contributed by atoms with Crippen LogP contribution in [0.1, 0.15) is 41.0 Å². The van der Waals surface area contributed by atoms with Crippen molar-refractivity contribution in [3.63, 3.8) is 0 Å². The summed E-state index contributed by atoms with van der Waals surface area (Å²) in [7, 11) is 0. The van der Waals surface area contributed by atoms with Gasteiger partial charge in [0.15, 0.2) is 0 Å². The van der Waals surface area contributed by atoms with Gasteiger partial charge in [0.25, 0.3) is 0 Å². The van der Waals surface area contributed by atoms with Crippen molar-refractivity contribution in [2.45, 2.75) is 52.7 Å². The average molecular weight is 292 g/mol. The molecule has 0 aromatic heterocycles. The molecule has 0 bridgehead atoms. The minimum Gasteiger partial charge on any atom is -0.444 e. The van der Waals surface area contributed by atoms with E-state index in [4.69, 9.17) is 4.74 Å². The number of rotatable bonds is 1. The predicted octanol–water partition coefficient (Wildman–Crippen LogP) is 3.42. The maximum Gasteiger partial charge on any atom is 0.410 e. The summed E-state index contributed by atoms with van der Waals surface area (Å²) in [5, 5.41) is 0.805. The van der Waals surface area contributed by atoms with Crippen LogP contribution in [0, 0.1) is 5.41 Å². The van der Waals surface area contributed by atoms with Gasteiger partial charge in [-0.2, -0.15) is 0 Å². The van der Waals surface area contributed by atoms with Gasteiger partial charge in [0.2, 0.25) is 0 Å². The van der Waals surface area contributed by atoms with Crippen LogP contribution >= 0.6 is 15.9 Å². The minimum absolute atomic E-state index is 0.167. The normalized spacial score (nSPS) is 24.6. The third kappa shape index (κ3) is 3.12. The Morgan fingerprint density at radius 3 is 2.50 bits per heavy atom. The van der Waals surface area contributed by atoms with Gasteiger partial charge < -0.3 is 9.64 Å². The number of likely N-dealkylation sites (tertiary alicyclic amines) is 1. The van der Waals surface area contributed by atoms with Gasteiger partial charge in [-0.3, -0.25) is 0 Å². The molecule has 0 aliphatic carbocycles. The van der Waals surface area contributed by atoms with E-state index >= 15 is 0 Å². The van der Waals surface area contributed by atoms with Crippen LogP contribution in [0.15, 0.2) is 0 Å². The molecule has 0 aromatic carbocycles. The molecule has 1 aliphatic rings. The number of nitrogens with zero attached hydrogens (tertiary/aromatic N) is 1. The number of hydrogen-bond donors (Lipinski definition) is 0. The number of ether oxygens (including phenoxy) is 1. The van der Waals surface area contributed by atoms with Crippen LogP contribution in [0.25, 0.3) is 0 Å². The predicted molar refractivity (Wildman–Crippen MR) is 68.9 cm³/mol. The van der Waals surface area contributed by atoms with Gasteiger partial charge in [-0.15, -0.1) is 0 Å². The summed E-state index contributed by atoms with van der Waals surface area (Å²) in [5.74, 6) is 0. The Bertz CT molecular complexity index is 271. The largest absolute Gasteiger partial charge is 0.444 e. The van der Waals surface area contributed by atoms with E-state index < -0.39 is 5.60 Å². The molecule has 1 aliphatic heterocycles. The molecule has 0 spiro atoms. The lowest BCUT2D eigenvalue weighted by Gasteiger charge is -2.32. The number of amides is 1. The zero-order valence-corrected chi connectivity index (χ0v) is 12.4. The lowest BCUT2D eigenvalue weighted by molar-refractivity contribution is 0.0203. The van der Waals surface area contributed by atoms with Gasteiger partial charge in [0, 0.05) is 17.9 Å². The summed E-state index contributed by atoms with van der Waals surface area (Å²) in [6, 6.07) is 0.224. The van der Waals surface area contributed by atoms with Crippen molar-refractivity contribution in [1.29, 1.82) is 0 Å². The fraction of sp³-hybridized carbons (Fsp3) is 0.917. The molecule has 1 amide bonds. The molecule has 0 saturated carbocycles. The first-order valence-electron chi connectivity index (χ1n) is 5.73. The van der Waals surface area contributed by atoms with E-state index in [1.54, 1.807) is 0 Å². The fourth-order valence-corrected chi connectivity index (χ4v) is 3.21. The number of alkyl halides is 1. The van der Waals surface area contributed by atoms with Crippen molar-refractivity contribution in [3.8, 4) is 0 Å². The van der Waals surface area contributed by atoms with Gasteiger partial charge in [-0.1, -0.05) is 29.8 Å². The highest BCUT2D eigenvalue weighted by Crippen LogP contribution is 2.37. The van der Waals surface area contributed by atoms with Crippen LogP contribution in [0.2, 0.25) is 0 Å². The quantitative estimate of drug-likeness (QED) is 0.693. The van der Waals surface area contributed by atoms with E-state index in [1.807, 2.05) is 25.7 Å². The number of halogens is 1. The molecule has 3 nitrogen and oxygen atoms in total. The molecule has 1 heterocycles. The smallest absolute Gasteiger partial charge is 0.410 e. The Balaban J connectivity index is 2.71. The van der Waals surface area contributed by atoms with E-state index in [9.17, 15) is 4.79 Å². The third-order valence-electron chi connectivity index (χ3n) is 3.05. The van der Waals surface area contributed by atoms with Gasteiger partial charge in [0.05, 0.1) is 0 Å². The SMILES string of the molecule is CC(C)(C)OC(=O)N1CCC(C)(C)C1CBr. The van der Waals surface area contributed by atoms with Gasteiger partial charge in [-0.25, -0.2) is 4.79 Å². The molecule has 0 N–H and O–H groups in total. The molecule has 16 heavy (non-hydrogen) atoms. The molecule has 1 saturated heterocycles. The van der Waals surface area contributed by atoms with E-state index in [0.29, 0.717) is 0 Å². The average Bonchev–Trinajstić information content (AvgIpc) is 2.37. The van der Waals surface area contributed by atoms with Crippen LogP contribution in [-0.2, 0) is 4.74 Å². The van der Waals surface area contributed by atoms with Crippen LogP contribution in [0.5, 0.6) is 0 Å². The lowest BCUT2D eigenvalue weighted by Crippen LogP contribution is -2.44. The maximum atomic E-state index is 12.0. The van der Waals surface area contributed by atoms with Crippen molar-refractivity contribution in [3.05, 3.63) is 0 Å². The summed E-state index contributed by atoms with van der Waals surface area (Å²) in [6.07, 6.45) is 0.838. The fourth-order valence-electron chi connectivity index (χ4n) is 1.98. The lowest BCUT2D eigenvalue weighted by atomic mass is 9.86. The van der Waals surface area contributed by atoms with Gasteiger partial charge in [0.1, 0.15) is 5.60 Å². The Kier molecular flexibility index (Phi) is 3.93. The molecule has 4 heteroatoms. The molecular formula is C12H22BrNO2. The minimum atomic E-state index is -0.416. The van der Waals surface area contributed by atoms with Crippen LogP contribution < -0.4 is 0 Å². The number of carbonyl (C=O) groups excluding carboxylic acids is 1. The van der Waals surface area contributed by atoms with Crippen molar-refractivity contribution >= 4 is 22.0 Å². The van der Waals surface area contributed by atoms with Crippen LogP contribution in [0.4, 0.5) is 4.79 Å². The van der Waals surface area contributed by atoms with E-state index in [1.165, 1.54) is 0 Å². The molecule has 1 fully saturated rings. The summed E-state index contributed by atoms with van der Waals surface area (Å²) in [6.45, 7) is 10.9. The highest BCUT2D eigenvalue weighted by Gasteiger charge is 2.43. The van der Waals surface area contributed by atoms with E-state index in [-0.39, 0.29) is 17.6 Å². The van der Waals surface area contributed by atoms with Crippen molar-refractivity contribution in [2.75, 3.05) is 11.9 Å². The Morgan fingerprint density at radius 1 is 1.50 bits per heavy atom. The monoisotopic (exact) mass is 291 g/mol. The van der Waals surface area contributed by atoms with Crippen molar-refractivity contribution < 1.29 is 9.53 Å².